The van der Waals surface area contributed by atoms with Crippen LogP contribution in [-0.4, -0.2) is 18.6 Å². The van der Waals surface area contributed by atoms with Crippen molar-refractivity contribution in [2.75, 3.05) is 4.72 Å². The van der Waals surface area contributed by atoms with Crippen molar-refractivity contribution in [3.8, 4) is 6.07 Å². The molecule has 104 valence electrons. The average molecular weight is 311 g/mol. The van der Waals surface area contributed by atoms with E-state index in [9.17, 15) is 8.42 Å². The van der Waals surface area contributed by atoms with E-state index in [0.717, 1.165) is 5.56 Å². The van der Waals surface area contributed by atoms with Crippen molar-refractivity contribution >= 4 is 27.4 Å². The first kappa shape index (κ1) is 14.4. The van der Waals surface area contributed by atoms with Crippen molar-refractivity contribution < 1.29 is 8.42 Å². The number of H-pyrrole nitrogens is 1. The molecule has 0 radical (unpaired) electrons. The van der Waals surface area contributed by atoms with Crippen LogP contribution in [0.1, 0.15) is 18.1 Å². The Labute approximate surface area is 121 Å². The lowest BCUT2D eigenvalue weighted by Crippen LogP contribution is -2.15. The number of benzene rings is 1. The maximum Gasteiger partial charge on any atom is 0.264 e. The van der Waals surface area contributed by atoms with Gasteiger partial charge in [-0.15, -0.1) is 0 Å². The second-order valence-electron chi connectivity index (χ2n) is 3.99. The summed E-state index contributed by atoms with van der Waals surface area (Å²) in [5.41, 5.74) is 0.955. The molecule has 1 heterocycles. The van der Waals surface area contributed by atoms with E-state index in [1.165, 1.54) is 18.2 Å². The number of hydrogen-bond acceptors (Lipinski definition) is 4. The van der Waals surface area contributed by atoms with Crippen molar-refractivity contribution in [1.82, 2.24) is 10.2 Å². The largest absolute Gasteiger partial charge is 0.264 e. The zero-order valence-electron chi connectivity index (χ0n) is 10.5. The van der Waals surface area contributed by atoms with Crippen LogP contribution in [0.2, 0.25) is 5.02 Å². The van der Waals surface area contributed by atoms with Crippen molar-refractivity contribution in [2.24, 2.45) is 0 Å². The number of aromatic nitrogens is 2. The van der Waals surface area contributed by atoms with Crippen LogP contribution in [0.15, 0.2) is 29.3 Å². The molecular weight excluding hydrogens is 300 g/mol. The van der Waals surface area contributed by atoms with Gasteiger partial charge >= 0.3 is 0 Å². The van der Waals surface area contributed by atoms with Crippen LogP contribution in [-0.2, 0) is 16.4 Å². The molecule has 0 spiro atoms. The second kappa shape index (κ2) is 5.53. The van der Waals surface area contributed by atoms with Crippen molar-refractivity contribution in [2.45, 2.75) is 18.2 Å². The molecule has 0 aliphatic heterocycles. The fourth-order valence-corrected chi connectivity index (χ4v) is 3.22. The molecule has 0 unspecified atom stereocenters. The lowest BCUT2D eigenvalue weighted by atomic mass is 10.2. The van der Waals surface area contributed by atoms with Gasteiger partial charge in [0.1, 0.15) is 10.7 Å². The van der Waals surface area contributed by atoms with Gasteiger partial charge in [-0.1, -0.05) is 18.5 Å². The maximum absolute atomic E-state index is 12.3. The molecule has 0 fully saturated rings. The average Bonchev–Trinajstić information content (AvgIpc) is 2.85. The summed E-state index contributed by atoms with van der Waals surface area (Å²) >= 11 is 5.90. The predicted molar refractivity (Wildman–Crippen MR) is 74.9 cm³/mol. The molecule has 2 N–H and O–H groups in total. The number of hydrogen-bond donors (Lipinski definition) is 2. The first-order valence-electron chi connectivity index (χ1n) is 5.72. The SMILES string of the molecule is CCc1cn[nH]c1NS(=O)(=O)c1cc(C#N)ccc1Cl. The van der Waals surface area contributed by atoms with Gasteiger partial charge < -0.3 is 0 Å². The number of halogens is 1. The van der Waals surface area contributed by atoms with E-state index in [1.54, 1.807) is 6.20 Å². The van der Waals surface area contributed by atoms with Gasteiger partial charge in [0.2, 0.25) is 0 Å². The van der Waals surface area contributed by atoms with Gasteiger partial charge in [-0.2, -0.15) is 10.4 Å². The summed E-state index contributed by atoms with van der Waals surface area (Å²) in [4.78, 5) is -0.144. The molecule has 6 nitrogen and oxygen atoms in total. The molecule has 20 heavy (non-hydrogen) atoms. The Morgan fingerprint density at radius 1 is 1.50 bits per heavy atom. The van der Waals surface area contributed by atoms with Crippen LogP contribution in [0.3, 0.4) is 0 Å². The minimum absolute atomic E-state index is 0.0501. The molecule has 2 rings (SSSR count). The van der Waals surface area contributed by atoms with Crippen LogP contribution in [0.4, 0.5) is 5.82 Å². The highest BCUT2D eigenvalue weighted by atomic mass is 35.5. The van der Waals surface area contributed by atoms with Crippen molar-refractivity contribution in [3.63, 3.8) is 0 Å². The van der Waals surface area contributed by atoms with Gasteiger partial charge in [-0.25, -0.2) is 8.42 Å². The summed E-state index contributed by atoms with van der Waals surface area (Å²) in [6.07, 6.45) is 2.17. The van der Waals surface area contributed by atoms with E-state index >= 15 is 0 Å². The molecule has 1 aromatic carbocycles. The first-order valence-corrected chi connectivity index (χ1v) is 7.58. The summed E-state index contributed by atoms with van der Waals surface area (Å²) < 4.78 is 27.0. The maximum atomic E-state index is 12.3. The minimum atomic E-state index is -3.88. The normalized spacial score (nSPS) is 11.1. The van der Waals surface area contributed by atoms with Gasteiger partial charge in [0.15, 0.2) is 0 Å². The number of rotatable bonds is 4. The molecule has 0 aliphatic carbocycles. The Hall–Kier alpha value is -2.04. The fraction of sp³-hybridized carbons (Fsp3) is 0.167. The van der Waals surface area contributed by atoms with Crippen LogP contribution >= 0.6 is 11.6 Å². The van der Waals surface area contributed by atoms with Crippen LogP contribution in [0, 0.1) is 11.3 Å². The smallest absolute Gasteiger partial charge is 0.263 e. The molecule has 0 atom stereocenters. The zero-order chi connectivity index (χ0) is 14.8. The molecular formula is C12H11ClN4O2S. The molecule has 0 amide bonds. The molecule has 0 saturated heterocycles. The molecule has 0 bridgehead atoms. The minimum Gasteiger partial charge on any atom is -0.263 e. The third kappa shape index (κ3) is 2.76. The zero-order valence-corrected chi connectivity index (χ0v) is 12.1. The third-order valence-electron chi connectivity index (χ3n) is 2.69. The van der Waals surface area contributed by atoms with Crippen LogP contribution in [0.25, 0.3) is 0 Å². The Morgan fingerprint density at radius 2 is 2.25 bits per heavy atom. The lowest BCUT2D eigenvalue weighted by molar-refractivity contribution is 0.601. The standard InChI is InChI=1S/C12H11ClN4O2S/c1-2-9-7-15-16-12(9)17-20(18,19)11-5-8(6-14)3-4-10(11)13/h3-5,7H,2H2,1H3,(H2,15,16,17). The lowest BCUT2D eigenvalue weighted by Gasteiger charge is -2.09. The summed E-state index contributed by atoms with van der Waals surface area (Å²) in [6.45, 7) is 1.88. The fourth-order valence-electron chi connectivity index (χ4n) is 1.64. The number of nitriles is 1. The summed E-state index contributed by atoms with van der Waals surface area (Å²) in [5, 5.41) is 15.3. The highest BCUT2D eigenvalue weighted by molar-refractivity contribution is 7.92. The van der Waals surface area contributed by atoms with Gasteiger partial charge in [0.25, 0.3) is 10.0 Å². The number of nitrogens with zero attached hydrogens (tertiary/aromatic N) is 2. The Morgan fingerprint density at radius 3 is 2.90 bits per heavy atom. The Kier molecular flexibility index (Phi) is 3.97. The van der Waals surface area contributed by atoms with E-state index < -0.39 is 10.0 Å². The first-order chi connectivity index (χ1) is 9.47. The van der Waals surface area contributed by atoms with E-state index in [2.05, 4.69) is 14.9 Å². The molecule has 1 aromatic heterocycles. The van der Waals surface area contributed by atoms with E-state index in [1.807, 2.05) is 13.0 Å². The number of aryl methyl sites for hydroxylation is 1. The monoisotopic (exact) mass is 310 g/mol. The second-order valence-corrected chi connectivity index (χ2v) is 6.04. The van der Waals surface area contributed by atoms with Crippen molar-refractivity contribution in [1.29, 1.82) is 5.26 Å². The summed E-state index contributed by atoms with van der Waals surface area (Å²) in [7, 11) is -3.88. The Bertz CT molecular complexity index is 777. The highest BCUT2D eigenvalue weighted by Gasteiger charge is 2.20. The van der Waals surface area contributed by atoms with Crippen molar-refractivity contribution in [3.05, 3.63) is 40.5 Å². The number of aromatic amines is 1. The number of nitrogens with one attached hydrogen (secondary N) is 2. The topological polar surface area (TPSA) is 98.6 Å². The summed E-state index contributed by atoms with van der Waals surface area (Å²) in [5.74, 6) is 0.297. The molecule has 0 aliphatic rings. The van der Waals surface area contributed by atoms with E-state index in [-0.39, 0.29) is 15.5 Å². The molecule has 2 aromatic rings. The van der Waals surface area contributed by atoms with Gasteiger partial charge in [-0.05, 0) is 24.6 Å². The van der Waals surface area contributed by atoms with Gasteiger partial charge in [-0.3, -0.25) is 9.82 Å². The Balaban J connectivity index is 2.44. The number of anilines is 1. The van der Waals surface area contributed by atoms with Crippen LogP contribution < -0.4 is 4.72 Å². The van der Waals surface area contributed by atoms with Gasteiger partial charge in [0.05, 0.1) is 22.9 Å². The van der Waals surface area contributed by atoms with Crippen LogP contribution in [0.5, 0.6) is 0 Å². The van der Waals surface area contributed by atoms with E-state index in [0.29, 0.717) is 12.2 Å². The molecule has 8 heteroatoms. The highest BCUT2D eigenvalue weighted by Crippen LogP contribution is 2.25. The third-order valence-corrected chi connectivity index (χ3v) is 4.52. The quantitative estimate of drug-likeness (QED) is 0.905. The van der Waals surface area contributed by atoms with E-state index in [4.69, 9.17) is 16.9 Å². The predicted octanol–water partition coefficient (Wildman–Crippen LogP) is 2.30. The van der Waals surface area contributed by atoms with Gasteiger partial charge in [0, 0.05) is 5.56 Å². The summed E-state index contributed by atoms with van der Waals surface area (Å²) in [6, 6.07) is 5.94. The molecule has 0 saturated carbocycles. The number of sulfonamides is 1.